The van der Waals surface area contributed by atoms with Gasteiger partial charge in [-0.05, 0) is 33.6 Å². The maximum absolute atomic E-state index is 11.9. The van der Waals surface area contributed by atoms with Gasteiger partial charge in [0.1, 0.15) is 24.7 Å². The molecule has 0 aromatic heterocycles. The zero-order valence-corrected chi connectivity index (χ0v) is 13.0. The second-order valence-corrected chi connectivity index (χ2v) is 6.11. The minimum absolute atomic E-state index is 0.0310. The lowest BCUT2D eigenvalue weighted by Crippen LogP contribution is -2.43. The van der Waals surface area contributed by atoms with Crippen molar-refractivity contribution in [2.24, 2.45) is 5.92 Å². The summed E-state index contributed by atoms with van der Waals surface area (Å²) in [4.78, 5) is 36.7. The van der Waals surface area contributed by atoms with Crippen molar-refractivity contribution < 1.29 is 23.9 Å². The Bertz CT molecular complexity index is 391. The van der Waals surface area contributed by atoms with Gasteiger partial charge < -0.3 is 14.4 Å². The Morgan fingerprint density at radius 3 is 2.24 bits per heavy atom. The number of hydrogen-bond acceptors (Lipinski definition) is 5. The fraction of sp³-hybridized carbons (Fsp3) is 0.733. The highest BCUT2D eigenvalue weighted by Gasteiger charge is 2.30. The number of ether oxygens (including phenoxy) is 2. The van der Waals surface area contributed by atoms with Gasteiger partial charge in [0.05, 0.1) is 0 Å². The first-order valence-corrected chi connectivity index (χ1v) is 7.18. The van der Waals surface area contributed by atoms with E-state index in [-0.39, 0.29) is 30.8 Å². The smallest absolute Gasteiger partial charge is 0.410 e. The van der Waals surface area contributed by atoms with Crippen molar-refractivity contribution in [2.75, 3.05) is 19.7 Å². The number of ketones is 1. The number of likely N-dealkylation sites (tertiary alicyclic amines) is 1. The van der Waals surface area contributed by atoms with Crippen LogP contribution in [0.4, 0.5) is 4.79 Å². The van der Waals surface area contributed by atoms with Crippen molar-refractivity contribution in [1.82, 2.24) is 4.90 Å². The Hall–Kier alpha value is -1.72. The molecule has 1 saturated heterocycles. The molecule has 0 saturated carbocycles. The Labute approximate surface area is 125 Å². The average molecular weight is 298 g/mol. The van der Waals surface area contributed by atoms with E-state index in [1.807, 2.05) is 20.8 Å². The Morgan fingerprint density at radius 2 is 1.76 bits per heavy atom. The zero-order chi connectivity index (χ0) is 16.0. The first-order chi connectivity index (χ1) is 9.73. The summed E-state index contributed by atoms with van der Waals surface area (Å²) in [5.74, 6) is -0.858. The summed E-state index contributed by atoms with van der Waals surface area (Å²) in [5.41, 5.74) is -0.526. The number of hydrogen-bond donors (Lipinski definition) is 0. The van der Waals surface area contributed by atoms with Gasteiger partial charge in [0.15, 0.2) is 0 Å². The molecule has 0 aliphatic carbocycles. The lowest BCUT2D eigenvalue weighted by molar-refractivity contribution is -0.146. The molecule has 1 rings (SSSR count). The second kappa shape index (κ2) is 7.33. The van der Waals surface area contributed by atoms with Crippen LogP contribution in [0.1, 0.15) is 40.0 Å². The molecule has 0 radical (unpaired) electrons. The molecule has 0 aromatic carbocycles. The van der Waals surface area contributed by atoms with Crippen LogP contribution in [0.5, 0.6) is 0 Å². The molecular weight excluding hydrogens is 274 g/mol. The normalized spacial score (nSPS) is 16.4. The van der Waals surface area contributed by atoms with Gasteiger partial charge in [-0.25, -0.2) is 4.79 Å². The molecule has 6 nitrogen and oxygen atoms in total. The van der Waals surface area contributed by atoms with E-state index in [0.717, 1.165) is 0 Å². The molecule has 1 fully saturated rings. The second-order valence-electron chi connectivity index (χ2n) is 6.11. The number of esters is 1. The third-order valence-corrected chi connectivity index (χ3v) is 3.18. The van der Waals surface area contributed by atoms with Gasteiger partial charge in [-0.15, -0.1) is 0 Å². The van der Waals surface area contributed by atoms with E-state index in [1.54, 1.807) is 4.90 Å². The van der Waals surface area contributed by atoms with E-state index in [1.165, 1.54) is 0 Å². The van der Waals surface area contributed by atoms with Crippen LogP contribution in [0.25, 0.3) is 0 Å². The number of rotatable bonds is 4. The summed E-state index contributed by atoms with van der Waals surface area (Å²) >= 11 is 0. The number of nitrogens with zero attached hydrogens (tertiary/aromatic N) is 1. The number of Topliss-reactive ketones (excluding diaryl/α,β-unsaturated/α-hetero) is 1. The number of carbonyl (C=O) groups is 3. The third kappa shape index (κ3) is 6.06. The van der Waals surface area contributed by atoms with Gasteiger partial charge in [0.25, 0.3) is 0 Å². The Kier molecular flexibility index (Phi) is 6.05. The molecule has 0 unspecified atom stereocenters. The molecule has 1 aliphatic heterocycles. The average Bonchev–Trinajstić information content (AvgIpc) is 2.37. The topological polar surface area (TPSA) is 72.9 Å². The molecule has 1 amide bonds. The summed E-state index contributed by atoms with van der Waals surface area (Å²) in [5, 5.41) is 0. The first kappa shape index (κ1) is 17.3. The van der Waals surface area contributed by atoms with Crippen LogP contribution in [0.3, 0.4) is 0 Å². The van der Waals surface area contributed by atoms with E-state index >= 15 is 0 Å². The van der Waals surface area contributed by atoms with Gasteiger partial charge in [-0.1, -0.05) is 0 Å². The molecule has 21 heavy (non-hydrogen) atoms. The van der Waals surface area contributed by atoms with Crippen molar-refractivity contribution in [1.29, 1.82) is 0 Å². The molecule has 0 aromatic rings. The molecular formula is C15H24NO5+. The van der Waals surface area contributed by atoms with E-state index in [4.69, 9.17) is 4.74 Å². The molecule has 118 valence electrons. The zero-order valence-electron chi connectivity index (χ0n) is 13.0. The number of piperidine rings is 1. The van der Waals surface area contributed by atoms with Crippen LogP contribution in [0.2, 0.25) is 0 Å². The monoisotopic (exact) mass is 298 g/mol. The number of carbonyl (C=O) groups excluding carboxylic acids is 3. The highest BCUT2D eigenvalue weighted by molar-refractivity contribution is 5.96. The van der Waals surface area contributed by atoms with Crippen LogP contribution in [-0.4, -0.2) is 48.0 Å². The highest BCUT2D eigenvalue weighted by atomic mass is 16.6. The van der Waals surface area contributed by atoms with Gasteiger partial charge in [0, 0.05) is 19.0 Å². The van der Waals surface area contributed by atoms with Crippen LogP contribution < -0.4 is 0 Å². The van der Waals surface area contributed by atoms with Crippen molar-refractivity contribution in [3.8, 4) is 0 Å². The van der Waals surface area contributed by atoms with Crippen molar-refractivity contribution in [2.45, 2.75) is 45.6 Å². The van der Waals surface area contributed by atoms with Crippen molar-refractivity contribution in [3.63, 3.8) is 0 Å². The van der Waals surface area contributed by atoms with E-state index in [0.29, 0.717) is 25.9 Å². The minimum atomic E-state index is -0.537. The predicted octanol–water partition coefficient (Wildman–Crippen LogP) is 1.97. The molecule has 6 heteroatoms. The summed E-state index contributed by atoms with van der Waals surface area (Å²) in [7, 11) is 0. The molecule has 0 bridgehead atoms. The van der Waals surface area contributed by atoms with Crippen LogP contribution >= 0.6 is 0 Å². The molecule has 0 atom stereocenters. The maximum atomic E-state index is 11.9. The fourth-order valence-electron chi connectivity index (χ4n) is 2.16. The van der Waals surface area contributed by atoms with Crippen LogP contribution in [0, 0.1) is 12.8 Å². The Morgan fingerprint density at radius 1 is 1.19 bits per heavy atom. The molecule has 0 spiro atoms. The third-order valence-electron chi connectivity index (χ3n) is 3.18. The van der Waals surface area contributed by atoms with Crippen LogP contribution in [-0.2, 0) is 19.1 Å². The lowest BCUT2D eigenvalue weighted by Gasteiger charge is -2.32. The van der Waals surface area contributed by atoms with Gasteiger partial charge in [-0.2, -0.15) is 0 Å². The number of amides is 1. The van der Waals surface area contributed by atoms with Gasteiger partial charge in [-0.3, -0.25) is 9.59 Å². The van der Waals surface area contributed by atoms with E-state index in [2.05, 4.69) is 11.7 Å². The van der Waals surface area contributed by atoms with Gasteiger partial charge >= 0.3 is 12.1 Å². The minimum Gasteiger partial charge on any atom is -0.444 e. The van der Waals surface area contributed by atoms with Crippen molar-refractivity contribution in [3.05, 3.63) is 6.92 Å². The summed E-state index contributed by atoms with van der Waals surface area (Å²) < 4.78 is 9.95. The maximum Gasteiger partial charge on any atom is 0.410 e. The fourth-order valence-corrected chi connectivity index (χ4v) is 2.16. The summed E-state index contributed by atoms with van der Waals surface area (Å²) in [6, 6.07) is 0. The van der Waals surface area contributed by atoms with Gasteiger partial charge in [0.2, 0.25) is 6.61 Å². The predicted molar refractivity (Wildman–Crippen MR) is 76.5 cm³/mol. The lowest BCUT2D eigenvalue weighted by atomic mass is 9.91. The van der Waals surface area contributed by atoms with E-state index < -0.39 is 11.6 Å². The summed E-state index contributed by atoms with van der Waals surface area (Å²) in [6.07, 6.45) is 0.530. The van der Waals surface area contributed by atoms with E-state index in [9.17, 15) is 14.4 Å². The molecule has 1 heterocycles. The largest absolute Gasteiger partial charge is 0.444 e. The highest BCUT2D eigenvalue weighted by Crippen LogP contribution is 2.21. The molecule has 1 aliphatic rings. The summed E-state index contributed by atoms with van der Waals surface area (Å²) in [6.45, 7) is 9.80. The first-order valence-electron chi connectivity index (χ1n) is 7.18. The quantitative estimate of drug-likeness (QED) is 0.451. The Balaban J connectivity index is 2.40. The molecule has 0 N–H and O–H groups in total. The van der Waals surface area contributed by atoms with Crippen LogP contribution in [0.15, 0.2) is 0 Å². The standard InChI is InChI=1S/C15H24NO5/c1-5-20-13(18)10-12(17)11-6-8-16(9-7-11)14(19)21-15(2,3)4/h11H,1,5-10H2,2-4H3/q+1. The van der Waals surface area contributed by atoms with Crippen molar-refractivity contribution >= 4 is 17.8 Å². The SMILES string of the molecule is [CH2+]COC(=O)CC(=O)C1CCN(C(=O)OC(C)(C)C)CC1.